The van der Waals surface area contributed by atoms with Crippen LogP contribution in [0.1, 0.15) is 102 Å². The third-order valence-electron chi connectivity index (χ3n) is 11.1. The summed E-state index contributed by atoms with van der Waals surface area (Å²) >= 11 is 1.58. The monoisotopic (exact) mass is 807 g/mol. The fourth-order valence-electron chi connectivity index (χ4n) is 7.71. The predicted octanol–water partition coefficient (Wildman–Crippen LogP) is 6.91. The van der Waals surface area contributed by atoms with Gasteiger partial charge in [-0.2, -0.15) is 0 Å². The molecule has 1 saturated heterocycles. The molecular weight excluding hydrogens is 751 g/mol. The Hall–Kier alpha value is -5.14. The number of aryl methyl sites for hydroxylation is 2. The number of pyridine rings is 1. The number of aromatic amines is 1. The minimum Gasteiger partial charge on any atom is -0.391 e. The molecule has 1 aliphatic rings. The van der Waals surface area contributed by atoms with Gasteiger partial charge >= 0.3 is 0 Å². The Bertz CT molecular complexity index is 2210. The van der Waals surface area contributed by atoms with Crippen LogP contribution in [0.2, 0.25) is 0 Å². The summed E-state index contributed by atoms with van der Waals surface area (Å²) in [7, 11) is 0. The smallest absolute Gasteiger partial charge is 0.246 e. The first-order chi connectivity index (χ1) is 27.8. The Labute approximate surface area is 344 Å². The molecule has 1 unspecified atom stereocenters. The van der Waals surface area contributed by atoms with Crippen molar-refractivity contribution >= 4 is 56.8 Å². The number of nitrogens with one attached hydrogen (secondary N) is 4. The van der Waals surface area contributed by atoms with Gasteiger partial charge in [0, 0.05) is 66.6 Å². The molecule has 4 amide bonds. The molecule has 5 aromatic rings. The first-order valence-corrected chi connectivity index (χ1v) is 21.4. The zero-order chi connectivity index (χ0) is 41.4. The normalized spacial score (nSPS) is 16.7. The first kappa shape index (κ1) is 42.5. The molecular formula is C45H57N7O5S. The van der Waals surface area contributed by atoms with Crippen molar-refractivity contribution in [2.75, 3.05) is 13.1 Å². The van der Waals surface area contributed by atoms with Crippen LogP contribution in [0.5, 0.6) is 0 Å². The number of amides is 4. The van der Waals surface area contributed by atoms with Gasteiger partial charge in [-0.25, -0.2) is 4.98 Å². The summed E-state index contributed by atoms with van der Waals surface area (Å²) in [6, 6.07) is 14.2. The second-order valence-electron chi connectivity index (χ2n) is 16.7. The maximum atomic E-state index is 14.0. The van der Waals surface area contributed by atoms with Crippen LogP contribution in [0, 0.1) is 12.3 Å². The van der Waals surface area contributed by atoms with Gasteiger partial charge in [-0.05, 0) is 67.3 Å². The van der Waals surface area contributed by atoms with E-state index in [0.717, 1.165) is 74.8 Å². The predicted molar refractivity (Wildman–Crippen MR) is 229 cm³/mol. The number of carbonyl (C=O) groups excluding carboxylic acids is 4. The Balaban J connectivity index is 0.890. The molecule has 58 heavy (non-hydrogen) atoms. The number of β-amino-alcohol motifs (C(OH)–C–C–N with tert-alkyl or cyclic N) is 1. The molecule has 12 nitrogen and oxygen atoms in total. The van der Waals surface area contributed by atoms with E-state index in [1.807, 2.05) is 76.7 Å². The molecule has 1 aliphatic heterocycles. The zero-order valence-electron chi connectivity index (χ0n) is 34.3. The third-order valence-corrected chi connectivity index (χ3v) is 12.0. The van der Waals surface area contributed by atoms with Gasteiger partial charge in [-0.3, -0.25) is 24.2 Å². The van der Waals surface area contributed by atoms with E-state index in [9.17, 15) is 24.3 Å². The average Bonchev–Trinajstić information content (AvgIpc) is 3.92. The van der Waals surface area contributed by atoms with Crippen molar-refractivity contribution in [1.82, 2.24) is 35.8 Å². The van der Waals surface area contributed by atoms with E-state index in [1.165, 1.54) is 4.90 Å². The van der Waals surface area contributed by atoms with Crippen molar-refractivity contribution in [3.8, 4) is 10.4 Å². The molecule has 6 rings (SSSR count). The molecule has 0 bridgehead atoms. The quantitative estimate of drug-likeness (QED) is 0.0637. The Morgan fingerprint density at radius 2 is 1.69 bits per heavy atom. The van der Waals surface area contributed by atoms with Crippen LogP contribution in [0.3, 0.4) is 0 Å². The summed E-state index contributed by atoms with van der Waals surface area (Å²) in [6.07, 6.45) is 8.56. The molecule has 5 N–H and O–H groups in total. The van der Waals surface area contributed by atoms with Gasteiger partial charge in [-0.1, -0.05) is 76.4 Å². The second kappa shape index (κ2) is 19.1. The van der Waals surface area contributed by atoms with E-state index in [2.05, 4.69) is 49.1 Å². The number of hydrogen-bond donors (Lipinski definition) is 5. The van der Waals surface area contributed by atoms with Gasteiger partial charge in [0.2, 0.25) is 23.6 Å². The van der Waals surface area contributed by atoms with Crippen molar-refractivity contribution in [1.29, 1.82) is 0 Å². The first-order valence-electron chi connectivity index (χ1n) is 20.5. The van der Waals surface area contributed by atoms with E-state index < -0.39 is 23.6 Å². The maximum Gasteiger partial charge on any atom is 0.246 e. The van der Waals surface area contributed by atoms with Gasteiger partial charge in [-0.15, -0.1) is 11.3 Å². The lowest BCUT2D eigenvalue weighted by atomic mass is 9.85. The van der Waals surface area contributed by atoms with Crippen molar-refractivity contribution in [2.24, 2.45) is 5.41 Å². The second-order valence-corrected chi connectivity index (χ2v) is 17.5. The lowest BCUT2D eigenvalue weighted by Gasteiger charge is -2.35. The summed E-state index contributed by atoms with van der Waals surface area (Å²) in [5, 5.41) is 21.9. The van der Waals surface area contributed by atoms with Crippen LogP contribution in [-0.4, -0.2) is 79.9 Å². The minimum absolute atomic E-state index is 0.0251. The molecule has 0 radical (unpaired) electrons. The number of H-pyrrole nitrogens is 1. The Morgan fingerprint density at radius 3 is 2.43 bits per heavy atom. The number of aliphatic hydroxyl groups excluding tert-OH is 1. The Kier molecular flexibility index (Phi) is 14.0. The largest absolute Gasteiger partial charge is 0.391 e. The van der Waals surface area contributed by atoms with Gasteiger partial charge in [0.15, 0.2) is 0 Å². The number of unbranched alkanes of at least 4 members (excludes halogenated alkanes) is 4. The van der Waals surface area contributed by atoms with Crippen molar-refractivity contribution in [3.63, 3.8) is 0 Å². The minimum atomic E-state index is -0.863. The number of benzene rings is 2. The van der Waals surface area contributed by atoms with Gasteiger partial charge in [0.25, 0.3) is 0 Å². The number of aliphatic hydroxyl groups is 1. The third kappa shape index (κ3) is 10.7. The standard InChI is InChI=1S/C45H57N7O5S/c1-28(31-14-16-32(17-15-31)41-29(2)48-27-58-41)49-43(56)38-24-33(53)26-52(38)44(57)42(45(3,4)5)51-40(55)11-9-7-6-8-10-21-47-39(54)19-13-30-12-18-34-35-25-46-22-20-36(35)50-37(34)23-30/h12,14-18,20,22-23,25,27-28,33,38,42,50,53H,6-11,13,19,21,24,26H2,1-5H3,(H,47,54)(H,49,56)(H,51,55)/t28-,33+,38?,42+/m0/s1. The number of rotatable bonds is 17. The fourth-order valence-corrected chi connectivity index (χ4v) is 8.52. The summed E-state index contributed by atoms with van der Waals surface area (Å²) < 4.78 is 0. The van der Waals surface area contributed by atoms with Crippen molar-refractivity contribution < 1.29 is 24.3 Å². The highest BCUT2D eigenvalue weighted by Gasteiger charge is 2.44. The van der Waals surface area contributed by atoms with Crippen LogP contribution in [0.4, 0.5) is 0 Å². The number of hydrogen-bond acceptors (Lipinski definition) is 8. The SMILES string of the molecule is Cc1ncsc1-c1ccc([C@H](C)NC(=O)C2C[C@@H](O)CN2C(=O)[C@@H](NC(=O)CCCCCCCNC(=O)CCc2ccc3c(c2)[nH]c2ccncc23)C(C)(C)C)cc1. The molecule has 0 spiro atoms. The highest BCUT2D eigenvalue weighted by atomic mass is 32.1. The lowest BCUT2D eigenvalue weighted by Crippen LogP contribution is -2.57. The molecule has 4 atom stereocenters. The van der Waals surface area contributed by atoms with Gasteiger partial charge in [0.1, 0.15) is 12.1 Å². The number of likely N-dealkylation sites (tertiary alicyclic amines) is 1. The highest BCUT2D eigenvalue weighted by molar-refractivity contribution is 7.13. The number of thiazole rings is 1. The maximum absolute atomic E-state index is 14.0. The van der Waals surface area contributed by atoms with Crippen LogP contribution < -0.4 is 16.0 Å². The molecule has 3 aromatic heterocycles. The zero-order valence-corrected chi connectivity index (χ0v) is 35.1. The highest BCUT2D eigenvalue weighted by Crippen LogP contribution is 2.30. The topological polar surface area (TPSA) is 169 Å². The van der Waals surface area contributed by atoms with E-state index >= 15 is 0 Å². The van der Waals surface area contributed by atoms with E-state index in [4.69, 9.17) is 0 Å². The lowest BCUT2D eigenvalue weighted by molar-refractivity contribution is -0.144. The molecule has 308 valence electrons. The van der Waals surface area contributed by atoms with Crippen LogP contribution in [0.15, 0.2) is 66.4 Å². The molecule has 13 heteroatoms. The number of nitrogens with zero attached hydrogens (tertiary/aromatic N) is 3. The molecule has 0 saturated carbocycles. The van der Waals surface area contributed by atoms with Gasteiger partial charge < -0.3 is 30.9 Å². The summed E-state index contributed by atoms with van der Waals surface area (Å²) in [4.78, 5) is 67.8. The molecule has 2 aromatic carbocycles. The molecule has 4 heterocycles. The number of fused-ring (bicyclic) bond motifs is 3. The van der Waals surface area contributed by atoms with Crippen LogP contribution >= 0.6 is 11.3 Å². The van der Waals surface area contributed by atoms with E-state index in [0.29, 0.717) is 25.8 Å². The molecule has 1 fully saturated rings. The van der Waals surface area contributed by atoms with E-state index in [1.54, 1.807) is 17.5 Å². The van der Waals surface area contributed by atoms with Crippen molar-refractivity contribution in [3.05, 3.63) is 83.3 Å². The van der Waals surface area contributed by atoms with Crippen molar-refractivity contribution in [2.45, 2.75) is 117 Å². The molecule has 0 aliphatic carbocycles. The summed E-state index contributed by atoms with van der Waals surface area (Å²) in [5.41, 5.74) is 7.36. The number of carbonyl (C=O) groups is 4. The summed E-state index contributed by atoms with van der Waals surface area (Å²) in [5.74, 6) is -0.886. The average molecular weight is 808 g/mol. The van der Waals surface area contributed by atoms with Crippen LogP contribution in [0.25, 0.3) is 32.2 Å². The van der Waals surface area contributed by atoms with Crippen LogP contribution in [-0.2, 0) is 25.6 Å². The Morgan fingerprint density at radius 1 is 0.931 bits per heavy atom. The van der Waals surface area contributed by atoms with E-state index in [-0.39, 0.29) is 49.1 Å². The summed E-state index contributed by atoms with van der Waals surface area (Å²) in [6.45, 7) is 10.2. The van der Waals surface area contributed by atoms with Gasteiger partial charge in [0.05, 0.1) is 28.2 Å². The fraction of sp³-hybridized carbons (Fsp3) is 0.467. The number of aromatic nitrogens is 3.